The quantitative estimate of drug-likeness (QED) is 0.935. The lowest BCUT2D eigenvalue weighted by Crippen LogP contribution is -2.39. The van der Waals surface area contributed by atoms with Crippen LogP contribution in [0.2, 0.25) is 0 Å². The average Bonchev–Trinajstić information content (AvgIpc) is 2.56. The SMILES string of the molecule is COc1ccccc1N1CCC(Nc2ccccn2)CC1. The summed E-state index contributed by atoms with van der Waals surface area (Å²) in [5, 5.41) is 3.51. The Balaban J connectivity index is 1.60. The van der Waals surface area contributed by atoms with Crippen molar-refractivity contribution < 1.29 is 4.74 Å². The lowest BCUT2D eigenvalue weighted by Gasteiger charge is -2.34. The van der Waals surface area contributed by atoms with E-state index in [1.807, 2.05) is 36.5 Å². The van der Waals surface area contributed by atoms with Gasteiger partial charge in [0.2, 0.25) is 0 Å². The molecule has 0 radical (unpaired) electrons. The number of hydrogen-bond donors (Lipinski definition) is 1. The summed E-state index contributed by atoms with van der Waals surface area (Å²) in [4.78, 5) is 6.73. The van der Waals surface area contributed by atoms with Gasteiger partial charge >= 0.3 is 0 Å². The minimum Gasteiger partial charge on any atom is -0.495 e. The molecule has 3 rings (SSSR count). The number of benzene rings is 1. The van der Waals surface area contributed by atoms with Crippen LogP contribution >= 0.6 is 0 Å². The third-order valence-electron chi connectivity index (χ3n) is 3.94. The molecule has 0 spiro atoms. The van der Waals surface area contributed by atoms with Gasteiger partial charge in [0.25, 0.3) is 0 Å². The van der Waals surface area contributed by atoms with Crippen LogP contribution in [0.5, 0.6) is 5.75 Å². The number of rotatable bonds is 4. The number of methoxy groups -OCH3 is 1. The van der Waals surface area contributed by atoms with E-state index in [-0.39, 0.29) is 0 Å². The molecule has 2 aromatic rings. The van der Waals surface area contributed by atoms with Gasteiger partial charge in [-0.15, -0.1) is 0 Å². The van der Waals surface area contributed by atoms with Crippen LogP contribution in [0.1, 0.15) is 12.8 Å². The number of nitrogens with one attached hydrogen (secondary N) is 1. The standard InChI is InChI=1S/C17H21N3O/c1-21-16-7-3-2-6-15(16)20-12-9-14(10-13-20)19-17-8-4-5-11-18-17/h2-8,11,14H,9-10,12-13H2,1H3,(H,18,19). The zero-order valence-corrected chi connectivity index (χ0v) is 12.3. The maximum Gasteiger partial charge on any atom is 0.142 e. The zero-order valence-electron chi connectivity index (χ0n) is 12.3. The van der Waals surface area contributed by atoms with Gasteiger partial charge in [-0.25, -0.2) is 4.98 Å². The first-order chi connectivity index (χ1) is 10.4. The number of para-hydroxylation sites is 2. The third-order valence-corrected chi connectivity index (χ3v) is 3.94. The Bertz CT molecular complexity index is 565. The Morgan fingerprint density at radius 2 is 1.86 bits per heavy atom. The van der Waals surface area contributed by atoms with Crippen molar-refractivity contribution in [2.75, 3.05) is 30.4 Å². The molecule has 0 atom stereocenters. The van der Waals surface area contributed by atoms with Gasteiger partial charge in [0.1, 0.15) is 11.6 Å². The van der Waals surface area contributed by atoms with E-state index in [1.54, 1.807) is 7.11 Å². The molecule has 0 unspecified atom stereocenters. The molecule has 1 saturated heterocycles. The van der Waals surface area contributed by atoms with E-state index in [9.17, 15) is 0 Å². The molecule has 1 aliphatic rings. The monoisotopic (exact) mass is 283 g/mol. The summed E-state index contributed by atoms with van der Waals surface area (Å²) in [6.45, 7) is 2.07. The third kappa shape index (κ3) is 3.27. The predicted octanol–water partition coefficient (Wildman–Crippen LogP) is 3.17. The first-order valence-electron chi connectivity index (χ1n) is 7.42. The topological polar surface area (TPSA) is 37.4 Å². The number of hydrogen-bond acceptors (Lipinski definition) is 4. The van der Waals surface area contributed by atoms with Gasteiger partial charge in [-0.2, -0.15) is 0 Å². The summed E-state index contributed by atoms with van der Waals surface area (Å²) in [6, 6.07) is 14.7. The zero-order chi connectivity index (χ0) is 14.5. The average molecular weight is 283 g/mol. The van der Waals surface area contributed by atoms with Gasteiger partial charge in [-0.3, -0.25) is 0 Å². The lowest BCUT2D eigenvalue weighted by atomic mass is 10.0. The van der Waals surface area contributed by atoms with Crippen molar-refractivity contribution in [2.24, 2.45) is 0 Å². The van der Waals surface area contributed by atoms with Crippen LogP contribution < -0.4 is 15.0 Å². The van der Waals surface area contributed by atoms with E-state index in [4.69, 9.17) is 4.74 Å². The largest absolute Gasteiger partial charge is 0.495 e. The molecule has 0 amide bonds. The fourth-order valence-corrected chi connectivity index (χ4v) is 2.81. The maximum atomic E-state index is 5.45. The fraction of sp³-hybridized carbons (Fsp3) is 0.353. The summed E-state index contributed by atoms with van der Waals surface area (Å²) in [5.74, 6) is 1.92. The highest BCUT2D eigenvalue weighted by atomic mass is 16.5. The molecule has 21 heavy (non-hydrogen) atoms. The Morgan fingerprint density at radius 3 is 2.57 bits per heavy atom. The van der Waals surface area contributed by atoms with Crippen molar-refractivity contribution in [1.82, 2.24) is 4.98 Å². The molecule has 1 fully saturated rings. The summed E-state index contributed by atoms with van der Waals surface area (Å²) in [5.41, 5.74) is 1.19. The van der Waals surface area contributed by atoms with Crippen molar-refractivity contribution >= 4 is 11.5 Å². The van der Waals surface area contributed by atoms with Crippen LogP contribution in [0, 0.1) is 0 Å². The normalized spacial score (nSPS) is 15.8. The maximum absolute atomic E-state index is 5.45. The number of ether oxygens (including phenoxy) is 1. The highest BCUT2D eigenvalue weighted by Gasteiger charge is 2.21. The number of pyridine rings is 1. The second-order valence-corrected chi connectivity index (χ2v) is 5.29. The van der Waals surface area contributed by atoms with E-state index in [1.165, 1.54) is 5.69 Å². The van der Waals surface area contributed by atoms with Gasteiger partial charge < -0.3 is 15.0 Å². The Morgan fingerprint density at radius 1 is 1.10 bits per heavy atom. The van der Waals surface area contributed by atoms with Crippen molar-refractivity contribution in [3.63, 3.8) is 0 Å². The molecule has 1 aliphatic heterocycles. The summed E-state index contributed by atoms with van der Waals surface area (Å²) in [6.07, 6.45) is 4.04. The molecule has 0 saturated carbocycles. The van der Waals surface area contributed by atoms with Crippen molar-refractivity contribution in [2.45, 2.75) is 18.9 Å². The molecule has 4 nitrogen and oxygen atoms in total. The second-order valence-electron chi connectivity index (χ2n) is 5.29. The van der Waals surface area contributed by atoms with E-state index >= 15 is 0 Å². The van der Waals surface area contributed by atoms with Gasteiger partial charge in [-0.1, -0.05) is 18.2 Å². The second kappa shape index (κ2) is 6.48. The fourth-order valence-electron chi connectivity index (χ4n) is 2.81. The summed E-state index contributed by atoms with van der Waals surface area (Å²) in [7, 11) is 1.73. The molecular formula is C17H21N3O. The summed E-state index contributed by atoms with van der Waals surface area (Å²) < 4.78 is 5.45. The van der Waals surface area contributed by atoms with Gasteiger partial charge in [0, 0.05) is 25.3 Å². The van der Waals surface area contributed by atoms with Crippen molar-refractivity contribution in [3.05, 3.63) is 48.7 Å². The Labute approximate surface area is 125 Å². The first-order valence-corrected chi connectivity index (χ1v) is 7.42. The van der Waals surface area contributed by atoms with Gasteiger partial charge in [0.05, 0.1) is 12.8 Å². The minimum atomic E-state index is 0.492. The number of aromatic nitrogens is 1. The van der Waals surface area contributed by atoms with Crippen molar-refractivity contribution in [3.8, 4) is 5.75 Å². The van der Waals surface area contributed by atoms with Crippen LogP contribution in [-0.2, 0) is 0 Å². The Hall–Kier alpha value is -2.23. The van der Waals surface area contributed by atoms with Crippen LogP contribution in [-0.4, -0.2) is 31.2 Å². The van der Waals surface area contributed by atoms with Crippen molar-refractivity contribution in [1.29, 1.82) is 0 Å². The van der Waals surface area contributed by atoms with Crippen LogP contribution in [0.3, 0.4) is 0 Å². The summed E-state index contributed by atoms with van der Waals surface area (Å²) >= 11 is 0. The van der Waals surface area contributed by atoms with Crippen LogP contribution in [0.25, 0.3) is 0 Å². The molecular weight excluding hydrogens is 262 g/mol. The molecule has 1 aromatic heterocycles. The van der Waals surface area contributed by atoms with Crippen LogP contribution in [0.4, 0.5) is 11.5 Å². The van der Waals surface area contributed by atoms with E-state index < -0.39 is 0 Å². The minimum absolute atomic E-state index is 0.492. The smallest absolute Gasteiger partial charge is 0.142 e. The molecule has 110 valence electrons. The molecule has 0 bridgehead atoms. The number of anilines is 2. The molecule has 0 aliphatic carbocycles. The molecule has 1 N–H and O–H groups in total. The highest BCUT2D eigenvalue weighted by Crippen LogP contribution is 2.30. The first kappa shape index (κ1) is 13.7. The number of nitrogens with zero attached hydrogens (tertiary/aromatic N) is 2. The van der Waals surface area contributed by atoms with E-state index in [2.05, 4.69) is 27.3 Å². The lowest BCUT2D eigenvalue weighted by molar-refractivity contribution is 0.411. The van der Waals surface area contributed by atoms with Crippen LogP contribution in [0.15, 0.2) is 48.7 Å². The number of piperidine rings is 1. The highest BCUT2D eigenvalue weighted by molar-refractivity contribution is 5.58. The van der Waals surface area contributed by atoms with E-state index in [0.29, 0.717) is 6.04 Å². The molecule has 2 heterocycles. The van der Waals surface area contributed by atoms with Gasteiger partial charge in [0.15, 0.2) is 0 Å². The molecule has 1 aromatic carbocycles. The Kier molecular flexibility index (Phi) is 4.24. The van der Waals surface area contributed by atoms with E-state index in [0.717, 1.165) is 37.5 Å². The molecule has 4 heteroatoms. The predicted molar refractivity (Wildman–Crippen MR) is 86.1 cm³/mol. The van der Waals surface area contributed by atoms with Gasteiger partial charge in [-0.05, 0) is 37.1 Å².